The van der Waals surface area contributed by atoms with Crippen molar-refractivity contribution in [2.75, 3.05) is 26.8 Å². The summed E-state index contributed by atoms with van der Waals surface area (Å²) in [4.78, 5) is 25.1. The van der Waals surface area contributed by atoms with Gasteiger partial charge in [0.05, 0.1) is 32.0 Å². The van der Waals surface area contributed by atoms with Gasteiger partial charge in [-0.1, -0.05) is 0 Å². The SMILES string of the molecule is COC(=O)C1CN(C(=O)c2cnn(C)c2)CCO1. The van der Waals surface area contributed by atoms with Crippen LogP contribution < -0.4 is 0 Å². The summed E-state index contributed by atoms with van der Waals surface area (Å²) in [6.07, 6.45) is 2.44. The second-order valence-electron chi connectivity index (χ2n) is 4.04. The number of amides is 1. The molecule has 1 fully saturated rings. The fourth-order valence-corrected chi connectivity index (χ4v) is 1.82. The first-order chi connectivity index (χ1) is 8.61. The Bertz CT molecular complexity index is 457. The molecule has 1 aromatic heterocycles. The summed E-state index contributed by atoms with van der Waals surface area (Å²) in [6.45, 7) is 0.993. The molecule has 1 aliphatic heterocycles. The summed E-state index contributed by atoms with van der Waals surface area (Å²) in [7, 11) is 3.04. The van der Waals surface area contributed by atoms with Gasteiger partial charge in [0.1, 0.15) is 0 Å². The normalized spacial score (nSPS) is 19.7. The molecule has 1 saturated heterocycles. The summed E-state index contributed by atoms with van der Waals surface area (Å²) in [6, 6.07) is 0. The maximum absolute atomic E-state index is 12.1. The molecule has 2 rings (SSSR count). The molecule has 1 aliphatic rings. The van der Waals surface area contributed by atoms with Gasteiger partial charge in [-0.3, -0.25) is 9.48 Å². The van der Waals surface area contributed by atoms with Crippen LogP contribution in [0.4, 0.5) is 0 Å². The Morgan fingerprint density at radius 3 is 2.94 bits per heavy atom. The quantitative estimate of drug-likeness (QED) is 0.660. The molecule has 98 valence electrons. The summed E-state index contributed by atoms with van der Waals surface area (Å²) in [5, 5.41) is 3.95. The van der Waals surface area contributed by atoms with E-state index in [-0.39, 0.29) is 12.5 Å². The largest absolute Gasteiger partial charge is 0.467 e. The molecule has 0 bridgehead atoms. The van der Waals surface area contributed by atoms with E-state index in [1.54, 1.807) is 22.8 Å². The van der Waals surface area contributed by atoms with Crippen LogP contribution in [0.3, 0.4) is 0 Å². The van der Waals surface area contributed by atoms with E-state index >= 15 is 0 Å². The molecule has 7 nitrogen and oxygen atoms in total. The molecule has 1 atom stereocenters. The lowest BCUT2D eigenvalue weighted by Crippen LogP contribution is -2.48. The molecule has 0 aromatic carbocycles. The zero-order valence-electron chi connectivity index (χ0n) is 10.3. The lowest BCUT2D eigenvalue weighted by atomic mass is 10.2. The first-order valence-electron chi connectivity index (χ1n) is 5.59. The summed E-state index contributed by atoms with van der Waals surface area (Å²) >= 11 is 0. The molecule has 0 aliphatic carbocycles. The van der Waals surface area contributed by atoms with Crippen LogP contribution in [-0.2, 0) is 21.3 Å². The number of esters is 1. The number of methoxy groups -OCH3 is 1. The Labute approximate surface area is 104 Å². The maximum atomic E-state index is 12.1. The number of carbonyl (C=O) groups excluding carboxylic acids is 2. The van der Waals surface area contributed by atoms with Gasteiger partial charge in [-0.25, -0.2) is 4.79 Å². The molecule has 2 heterocycles. The number of nitrogens with zero attached hydrogens (tertiary/aromatic N) is 3. The molecule has 1 amide bonds. The van der Waals surface area contributed by atoms with E-state index in [1.807, 2.05) is 0 Å². The van der Waals surface area contributed by atoms with E-state index in [9.17, 15) is 9.59 Å². The average Bonchev–Trinajstić information content (AvgIpc) is 2.83. The molecule has 7 heteroatoms. The number of hydrogen-bond acceptors (Lipinski definition) is 5. The lowest BCUT2D eigenvalue weighted by Gasteiger charge is -2.31. The predicted molar refractivity (Wildman–Crippen MR) is 60.9 cm³/mol. The lowest BCUT2D eigenvalue weighted by molar-refractivity contribution is -0.158. The molecule has 1 unspecified atom stereocenters. The first kappa shape index (κ1) is 12.6. The minimum absolute atomic E-state index is 0.152. The fraction of sp³-hybridized carbons (Fsp3) is 0.545. The van der Waals surface area contributed by atoms with Crippen molar-refractivity contribution < 1.29 is 19.1 Å². The Hall–Kier alpha value is -1.89. The number of aromatic nitrogens is 2. The van der Waals surface area contributed by atoms with Crippen molar-refractivity contribution in [3.63, 3.8) is 0 Å². The van der Waals surface area contributed by atoms with Crippen LogP contribution in [0.5, 0.6) is 0 Å². The van der Waals surface area contributed by atoms with Gasteiger partial charge in [-0.05, 0) is 0 Å². The minimum Gasteiger partial charge on any atom is -0.467 e. The van der Waals surface area contributed by atoms with Gasteiger partial charge in [0.15, 0.2) is 6.10 Å². The van der Waals surface area contributed by atoms with Gasteiger partial charge in [0, 0.05) is 19.8 Å². The highest BCUT2D eigenvalue weighted by Gasteiger charge is 2.30. The number of hydrogen-bond donors (Lipinski definition) is 0. The second-order valence-corrected chi connectivity index (χ2v) is 4.04. The van der Waals surface area contributed by atoms with Gasteiger partial charge >= 0.3 is 5.97 Å². The van der Waals surface area contributed by atoms with Crippen molar-refractivity contribution in [2.24, 2.45) is 7.05 Å². The summed E-state index contributed by atoms with van der Waals surface area (Å²) < 4.78 is 11.4. The standard InChI is InChI=1S/C11H15N3O4/c1-13-6-8(5-12-13)10(15)14-3-4-18-9(7-14)11(16)17-2/h5-6,9H,3-4,7H2,1-2H3. The molecule has 0 spiro atoms. The number of carbonyl (C=O) groups is 2. The fourth-order valence-electron chi connectivity index (χ4n) is 1.82. The van der Waals surface area contributed by atoms with Crippen LogP contribution in [-0.4, -0.2) is 59.5 Å². The third kappa shape index (κ3) is 2.51. The van der Waals surface area contributed by atoms with Crippen LogP contribution in [0.15, 0.2) is 12.4 Å². The smallest absolute Gasteiger partial charge is 0.336 e. The molecule has 1 aromatic rings. The highest BCUT2D eigenvalue weighted by molar-refractivity contribution is 5.94. The van der Waals surface area contributed by atoms with Crippen molar-refractivity contribution in [3.8, 4) is 0 Å². The molecular weight excluding hydrogens is 238 g/mol. The van der Waals surface area contributed by atoms with Crippen LogP contribution in [0, 0.1) is 0 Å². The molecule has 0 N–H and O–H groups in total. The monoisotopic (exact) mass is 253 g/mol. The Kier molecular flexibility index (Phi) is 3.61. The van der Waals surface area contributed by atoms with Crippen LogP contribution in [0.1, 0.15) is 10.4 Å². The van der Waals surface area contributed by atoms with E-state index in [1.165, 1.54) is 13.3 Å². The molecule has 0 saturated carbocycles. The summed E-state index contributed by atoms with van der Waals surface area (Å²) in [5.41, 5.74) is 0.503. The Morgan fingerprint density at radius 2 is 2.33 bits per heavy atom. The number of rotatable bonds is 2. The third-order valence-electron chi connectivity index (χ3n) is 2.77. The Balaban J connectivity index is 2.05. The van der Waals surface area contributed by atoms with Gasteiger partial charge in [0.2, 0.25) is 0 Å². The zero-order valence-corrected chi connectivity index (χ0v) is 10.3. The van der Waals surface area contributed by atoms with Gasteiger partial charge in [-0.2, -0.15) is 5.10 Å². The third-order valence-corrected chi connectivity index (χ3v) is 2.77. The van der Waals surface area contributed by atoms with Crippen LogP contribution in [0.25, 0.3) is 0 Å². The average molecular weight is 253 g/mol. The van der Waals surface area contributed by atoms with Crippen LogP contribution >= 0.6 is 0 Å². The number of ether oxygens (including phenoxy) is 2. The Morgan fingerprint density at radius 1 is 1.56 bits per heavy atom. The zero-order chi connectivity index (χ0) is 13.1. The summed E-state index contributed by atoms with van der Waals surface area (Å²) in [5.74, 6) is -0.612. The van der Waals surface area contributed by atoms with E-state index < -0.39 is 12.1 Å². The molecule has 0 radical (unpaired) electrons. The number of morpholine rings is 1. The van der Waals surface area contributed by atoms with Gasteiger partial charge in [-0.15, -0.1) is 0 Å². The van der Waals surface area contributed by atoms with E-state index in [2.05, 4.69) is 9.84 Å². The van der Waals surface area contributed by atoms with E-state index in [4.69, 9.17) is 4.74 Å². The van der Waals surface area contributed by atoms with Crippen molar-refractivity contribution >= 4 is 11.9 Å². The van der Waals surface area contributed by atoms with Crippen molar-refractivity contribution in [1.29, 1.82) is 0 Å². The van der Waals surface area contributed by atoms with Crippen LogP contribution in [0.2, 0.25) is 0 Å². The van der Waals surface area contributed by atoms with Gasteiger partial charge < -0.3 is 14.4 Å². The van der Waals surface area contributed by atoms with E-state index in [0.29, 0.717) is 18.7 Å². The first-order valence-corrected chi connectivity index (χ1v) is 5.59. The molecular formula is C11H15N3O4. The second kappa shape index (κ2) is 5.18. The van der Waals surface area contributed by atoms with Crippen molar-refractivity contribution in [3.05, 3.63) is 18.0 Å². The predicted octanol–water partition coefficient (Wildman–Crippen LogP) is -0.566. The van der Waals surface area contributed by atoms with Crippen molar-refractivity contribution in [2.45, 2.75) is 6.10 Å². The maximum Gasteiger partial charge on any atom is 0.336 e. The highest BCUT2D eigenvalue weighted by atomic mass is 16.6. The molecule has 18 heavy (non-hydrogen) atoms. The van der Waals surface area contributed by atoms with Crippen molar-refractivity contribution in [1.82, 2.24) is 14.7 Å². The number of aryl methyl sites for hydroxylation is 1. The topological polar surface area (TPSA) is 73.7 Å². The minimum atomic E-state index is -0.704. The van der Waals surface area contributed by atoms with Gasteiger partial charge in [0.25, 0.3) is 5.91 Å². The highest BCUT2D eigenvalue weighted by Crippen LogP contribution is 2.11. The van der Waals surface area contributed by atoms with E-state index in [0.717, 1.165) is 0 Å².